The number of nitrogens with one attached hydrogen (secondary N) is 3. The van der Waals surface area contributed by atoms with E-state index >= 15 is 0 Å². The van der Waals surface area contributed by atoms with E-state index in [2.05, 4.69) is 10.6 Å². The average Bonchev–Trinajstić information content (AvgIpc) is 2.21. The van der Waals surface area contributed by atoms with Crippen molar-refractivity contribution in [2.75, 3.05) is 13.1 Å². The second kappa shape index (κ2) is 7.74. The molecule has 0 aliphatic carbocycles. The lowest BCUT2D eigenvalue weighted by Gasteiger charge is -2.11. The Morgan fingerprint density at radius 3 is 2.67 bits per heavy atom. The van der Waals surface area contributed by atoms with Crippen molar-refractivity contribution in [3.05, 3.63) is 0 Å². The fraction of sp³-hybridized carbons (Fsp3) is 0.625. The molecule has 0 aromatic heterocycles. The SMILES string of the molecule is N=C(N)NCCC[C@@H](C=O)NC(=O)CN. The van der Waals surface area contributed by atoms with Gasteiger partial charge in [0, 0.05) is 6.54 Å². The Labute approximate surface area is 88.1 Å². The van der Waals surface area contributed by atoms with E-state index in [4.69, 9.17) is 16.9 Å². The summed E-state index contributed by atoms with van der Waals surface area (Å²) in [5.41, 5.74) is 10.1. The Bertz CT molecular complexity index is 231. The zero-order valence-corrected chi connectivity index (χ0v) is 8.45. The maximum absolute atomic E-state index is 10.9. The molecule has 0 spiro atoms. The lowest BCUT2D eigenvalue weighted by atomic mass is 10.2. The largest absolute Gasteiger partial charge is 0.370 e. The summed E-state index contributed by atoms with van der Waals surface area (Å²) >= 11 is 0. The van der Waals surface area contributed by atoms with Crippen molar-refractivity contribution in [3.8, 4) is 0 Å². The lowest BCUT2D eigenvalue weighted by Crippen LogP contribution is -2.40. The van der Waals surface area contributed by atoms with Crippen LogP contribution in [0, 0.1) is 5.41 Å². The van der Waals surface area contributed by atoms with Gasteiger partial charge in [0.2, 0.25) is 5.91 Å². The molecule has 15 heavy (non-hydrogen) atoms. The van der Waals surface area contributed by atoms with Gasteiger partial charge in [-0.1, -0.05) is 0 Å². The molecule has 0 heterocycles. The number of hydrogen-bond acceptors (Lipinski definition) is 4. The summed E-state index contributed by atoms with van der Waals surface area (Å²) in [6.45, 7) is 0.369. The molecule has 0 saturated heterocycles. The second-order valence-corrected chi connectivity index (χ2v) is 3.00. The quantitative estimate of drug-likeness (QED) is 0.143. The molecule has 0 rings (SSSR count). The van der Waals surface area contributed by atoms with E-state index in [0.29, 0.717) is 25.7 Å². The molecule has 0 radical (unpaired) electrons. The van der Waals surface area contributed by atoms with Gasteiger partial charge in [0.15, 0.2) is 5.96 Å². The first-order valence-corrected chi connectivity index (χ1v) is 4.62. The third-order valence-electron chi connectivity index (χ3n) is 1.70. The first-order chi connectivity index (χ1) is 7.10. The monoisotopic (exact) mass is 215 g/mol. The molecule has 0 saturated carbocycles. The number of guanidine groups is 1. The number of hydrogen-bond donors (Lipinski definition) is 5. The molecule has 0 unspecified atom stereocenters. The molecule has 7 nitrogen and oxygen atoms in total. The number of carbonyl (C=O) groups is 2. The summed E-state index contributed by atoms with van der Waals surface area (Å²) in [4.78, 5) is 21.4. The van der Waals surface area contributed by atoms with Crippen LogP contribution in [0.4, 0.5) is 0 Å². The molecular formula is C8H17N5O2. The molecule has 0 aromatic rings. The fourth-order valence-electron chi connectivity index (χ4n) is 0.985. The molecule has 0 aliphatic rings. The van der Waals surface area contributed by atoms with Gasteiger partial charge in [-0.25, -0.2) is 0 Å². The van der Waals surface area contributed by atoms with Gasteiger partial charge in [0.1, 0.15) is 6.29 Å². The van der Waals surface area contributed by atoms with Crippen LogP contribution in [-0.2, 0) is 9.59 Å². The van der Waals surface area contributed by atoms with Crippen LogP contribution in [0.2, 0.25) is 0 Å². The van der Waals surface area contributed by atoms with Crippen LogP contribution in [0.5, 0.6) is 0 Å². The van der Waals surface area contributed by atoms with Crippen molar-refractivity contribution in [3.63, 3.8) is 0 Å². The summed E-state index contributed by atoms with van der Waals surface area (Å²) in [5, 5.41) is 11.9. The standard InChI is InChI=1S/C8H17N5O2/c9-4-7(15)13-6(5-14)2-1-3-12-8(10)11/h5-6H,1-4,9H2,(H,13,15)(H4,10,11,12)/t6-/m0/s1. The molecule has 0 fully saturated rings. The van der Waals surface area contributed by atoms with E-state index < -0.39 is 6.04 Å². The zero-order valence-electron chi connectivity index (χ0n) is 8.45. The van der Waals surface area contributed by atoms with Crippen LogP contribution >= 0.6 is 0 Å². The number of nitrogens with two attached hydrogens (primary N) is 2. The summed E-state index contributed by atoms with van der Waals surface area (Å²) in [5.74, 6) is -0.463. The van der Waals surface area contributed by atoms with Gasteiger partial charge < -0.3 is 26.9 Å². The Morgan fingerprint density at radius 2 is 2.20 bits per heavy atom. The van der Waals surface area contributed by atoms with E-state index in [1.165, 1.54) is 0 Å². The van der Waals surface area contributed by atoms with Gasteiger partial charge in [0.25, 0.3) is 0 Å². The average molecular weight is 215 g/mol. The third kappa shape index (κ3) is 7.44. The molecule has 0 bridgehead atoms. The minimum atomic E-state index is -0.519. The van der Waals surface area contributed by atoms with Crippen LogP contribution in [0.25, 0.3) is 0 Å². The molecule has 7 N–H and O–H groups in total. The molecule has 1 amide bonds. The van der Waals surface area contributed by atoms with Crippen molar-refractivity contribution in [1.29, 1.82) is 5.41 Å². The van der Waals surface area contributed by atoms with Crippen molar-refractivity contribution in [2.24, 2.45) is 11.5 Å². The van der Waals surface area contributed by atoms with E-state index in [-0.39, 0.29) is 18.4 Å². The maximum atomic E-state index is 10.9. The molecule has 0 aliphatic heterocycles. The highest BCUT2D eigenvalue weighted by Crippen LogP contribution is 1.93. The normalized spacial score (nSPS) is 11.5. The molecular weight excluding hydrogens is 198 g/mol. The van der Waals surface area contributed by atoms with Crippen molar-refractivity contribution < 1.29 is 9.59 Å². The van der Waals surface area contributed by atoms with Crippen molar-refractivity contribution in [1.82, 2.24) is 10.6 Å². The van der Waals surface area contributed by atoms with Gasteiger partial charge in [-0.2, -0.15) is 0 Å². The topological polar surface area (TPSA) is 134 Å². The summed E-state index contributed by atoms with van der Waals surface area (Å²) in [7, 11) is 0. The highest BCUT2D eigenvalue weighted by molar-refractivity contribution is 5.81. The van der Waals surface area contributed by atoms with Crippen LogP contribution < -0.4 is 22.1 Å². The predicted octanol–water partition coefficient (Wildman–Crippen LogP) is -2.11. The van der Waals surface area contributed by atoms with E-state index in [0.717, 1.165) is 0 Å². The van der Waals surface area contributed by atoms with Crippen molar-refractivity contribution in [2.45, 2.75) is 18.9 Å². The van der Waals surface area contributed by atoms with Gasteiger partial charge in [0.05, 0.1) is 12.6 Å². The van der Waals surface area contributed by atoms with Gasteiger partial charge in [-0.05, 0) is 12.8 Å². The summed E-state index contributed by atoms with van der Waals surface area (Å²) < 4.78 is 0. The van der Waals surface area contributed by atoms with Crippen LogP contribution in [-0.4, -0.2) is 37.3 Å². The first-order valence-electron chi connectivity index (χ1n) is 4.62. The van der Waals surface area contributed by atoms with E-state index in [9.17, 15) is 9.59 Å². The van der Waals surface area contributed by atoms with Crippen LogP contribution in [0.1, 0.15) is 12.8 Å². The fourth-order valence-corrected chi connectivity index (χ4v) is 0.985. The van der Waals surface area contributed by atoms with Gasteiger partial charge in [-0.3, -0.25) is 10.2 Å². The Hall–Kier alpha value is -1.63. The first kappa shape index (κ1) is 13.4. The van der Waals surface area contributed by atoms with Crippen molar-refractivity contribution >= 4 is 18.2 Å². The lowest BCUT2D eigenvalue weighted by molar-refractivity contribution is -0.122. The van der Waals surface area contributed by atoms with Gasteiger partial charge in [-0.15, -0.1) is 0 Å². The van der Waals surface area contributed by atoms with E-state index in [1.54, 1.807) is 0 Å². The summed E-state index contributed by atoms with van der Waals surface area (Å²) in [6, 6.07) is -0.519. The number of carbonyl (C=O) groups excluding carboxylic acids is 2. The number of aldehydes is 1. The maximum Gasteiger partial charge on any atom is 0.234 e. The van der Waals surface area contributed by atoms with Crippen LogP contribution in [0.15, 0.2) is 0 Å². The smallest absolute Gasteiger partial charge is 0.234 e. The Kier molecular flexibility index (Phi) is 6.90. The number of rotatable bonds is 7. The minimum absolute atomic E-state index is 0.108. The zero-order chi connectivity index (χ0) is 11.7. The Balaban J connectivity index is 3.66. The summed E-state index contributed by atoms with van der Waals surface area (Å²) in [6.07, 6.45) is 1.80. The molecule has 0 aromatic carbocycles. The molecule has 86 valence electrons. The molecule has 7 heteroatoms. The highest BCUT2D eigenvalue weighted by Gasteiger charge is 2.09. The highest BCUT2D eigenvalue weighted by atomic mass is 16.2. The number of amides is 1. The third-order valence-corrected chi connectivity index (χ3v) is 1.70. The predicted molar refractivity (Wildman–Crippen MR) is 56.2 cm³/mol. The van der Waals surface area contributed by atoms with Crippen LogP contribution in [0.3, 0.4) is 0 Å². The molecule has 1 atom stereocenters. The second-order valence-electron chi connectivity index (χ2n) is 3.00. The van der Waals surface area contributed by atoms with E-state index in [1.807, 2.05) is 0 Å². The minimum Gasteiger partial charge on any atom is -0.370 e. The van der Waals surface area contributed by atoms with Gasteiger partial charge >= 0.3 is 0 Å². The Morgan fingerprint density at radius 1 is 1.53 bits per heavy atom.